The smallest absolute Gasteiger partial charge is 0.306 e. The standard InChI is InChI=1S/C76H132O6/c1-4-7-10-13-16-19-22-24-26-28-30-32-34-35-36-37-38-39-40-41-43-44-46-48-50-52-54-57-60-63-66-69-75(78)81-72-73(71-80-74(77)68-65-62-59-56-21-18-15-12-9-6-3)82-76(79)70-67-64-61-58-55-53-51-49-47-45-42-33-31-29-27-25-23-20-17-14-11-8-5-2/h8,11,17,20,25,27-28,30-31,33,45,47,51,53,58,61,73H,4-7,9-10,12-16,18-19,21-24,26,29,32,34-44,46,48-50,52,54-57,59-60,62-72H2,1-3H3/b11-8-,20-17-,27-25-,30-28-,33-31-,47-45-,53-51-,61-58-. The molecule has 6 nitrogen and oxygen atoms in total. The van der Waals surface area contributed by atoms with Crippen LogP contribution in [0.25, 0.3) is 0 Å². The molecule has 82 heavy (non-hydrogen) atoms. The Morgan fingerprint density at radius 2 is 0.488 bits per heavy atom. The topological polar surface area (TPSA) is 78.9 Å². The number of carbonyl (C=O) groups is 3. The van der Waals surface area contributed by atoms with E-state index in [9.17, 15) is 14.4 Å². The Bertz CT molecular complexity index is 1590. The number of ether oxygens (including phenoxy) is 3. The monoisotopic (exact) mass is 1140 g/mol. The van der Waals surface area contributed by atoms with Crippen molar-refractivity contribution >= 4 is 17.9 Å². The molecule has 0 saturated carbocycles. The van der Waals surface area contributed by atoms with Crippen molar-refractivity contribution in [3.8, 4) is 0 Å². The second kappa shape index (κ2) is 69.8. The summed E-state index contributed by atoms with van der Waals surface area (Å²) in [6.45, 7) is 6.50. The quantitative estimate of drug-likeness (QED) is 0.0261. The number of carbonyl (C=O) groups excluding carboxylic acids is 3. The molecular formula is C76H132O6. The van der Waals surface area contributed by atoms with Crippen LogP contribution in [0.2, 0.25) is 0 Å². The first-order chi connectivity index (χ1) is 40.5. The molecule has 0 aromatic carbocycles. The molecule has 0 N–H and O–H groups in total. The minimum atomic E-state index is -0.807. The van der Waals surface area contributed by atoms with E-state index in [-0.39, 0.29) is 37.5 Å². The SMILES string of the molecule is CC/C=C\C/C=C\C/C=C\C/C=C\C/C=C\C/C=C\C/C=C\CCCC(=O)OC(COC(=O)CCCCCCCCCCCC)COC(=O)CCCCCCCCCCCCCCCCCCCCC/C=C\CCCCCCCCCC. The second-order valence-electron chi connectivity index (χ2n) is 23.4. The molecule has 1 unspecified atom stereocenters. The van der Waals surface area contributed by atoms with Gasteiger partial charge in [0.15, 0.2) is 6.10 Å². The summed E-state index contributed by atoms with van der Waals surface area (Å²) in [7, 11) is 0. The lowest BCUT2D eigenvalue weighted by molar-refractivity contribution is -0.167. The van der Waals surface area contributed by atoms with E-state index >= 15 is 0 Å². The molecule has 0 fully saturated rings. The normalized spacial score (nSPS) is 12.7. The Kier molecular flexibility index (Phi) is 66.7. The molecule has 1 atom stereocenters. The highest BCUT2D eigenvalue weighted by Crippen LogP contribution is 2.17. The van der Waals surface area contributed by atoms with Crippen LogP contribution < -0.4 is 0 Å². The van der Waals surface area contributed by atoms with Gasteiger partial charge in [0, 0.05) is 19.3 Å². The molecule has 0 saturated heterocycles. The summed E-state index contributed by atoms with van der Waals surface area (Å²) >= 11 is 0. The number of rotatable bonds is 64. The summed E-state index contributed by atoms with van der Waals surface area (Å²) in [5.41, 5.74) is 0. The van der Waals surface area contributed by atoms with Crippen molar-refractivity contribution in [2.75, 3.05) is 13.2 Å². The molecule has 0 aliphatic carbocycles. The zero-order valence-electron chi connectivity index (χ0n) is 54.2. The minimum Gasteiger partial charge on any atom is -0.462 e. The molecule has 0 aliphatic rings. The Labute approximate surface area is 508 Å². The fourth-order valence-electron chi connectivity index (χ4n) is 10.1. The van der Waals surface area contributed by atoms with Crippen molar-refractivity contribution in [3.05, 3.63) is 97.2 Å². The van der Waals surface area contributed by atoms with E-state index < -0.39 is 6.10 Å². The number of allylic oxidation sites excluding steroid dienone is 16. The van der Waals surface area contributed by atoms with Crippen LogP contribution in [-0.4, -0.2) is 37.2 Å². The third-order valence-electron chi connectivity index (χ3n) is 15.3. The first-order valence-electron chi connectivity index (χ1n) is 35.2. The van der Waals surface area contributed by atoms with Crippen molar-refractivity contribution in [1.29, 1.82) is 0 Å². The van der Waals surface area contributed by atoms with E-state index in [0.717, 1.165) is 89.9 Å². The maximum Gasteiger partial charge on any atom is 0.306 e. The fraction of sp³-hybridized carbons (Fsp3) is 0.750. The molecule has 0 aromatic rings. The van der Waals surface area contributed by atoms with Gasteiger partial charge in [-0.15, -0.1) is 0 Å². The molecule has 0 rings (SSSR count). The largest absolute Gasteiger partial charge is 0.462 e. The number of hydrogen-bond acceptors (Lipinski definition) is 6. The van der Waals surface area contributed by atoms with Gasteiger partial charge in [0.1, 0.15) is 13.2 Å². The lowest BCUT2D eigenvalue weighted by Gasteiger charge is -2.18. The van der Waals surface area contributed by atoms with Crippen LogP contribution in [0.3, 0.4) is 0 Å². The number of esters is 3. The van der Waals surface area contributed by atoms with Crippen LogP contribution in [0, 0.1) is 0 Å². The molecular weight excluding hydrogens is 1010 g/mol. The van der Waals surface area contributed by atoms with Gasteiger partial charge >= 0.3 is 17.9 Å². The van der Waals surface area contributed by atoms with Gasteiger partial charge in [-0.25, -0.2) is 0 Å². The van der Waals surface area contributed by atoms with Gasteiger partial charge in [0.05, 0.1) is 0 Å². The first-order valence-corrected chi connectivity index (χ1v) is 35.2. The highest BCUT2D eigenvalue weighted by atomic mass is 16.6. The molecule has 0 aromatic heterocycles. The lowest BCUT2D eigenvalue weighted by Crippen LogP contribution is -2.30. The van der Waals surface area contributed by atoms with Crippen molar-refractivity contribution in [2.45, 2.75) is 354 Å². The van der Waals surface area contributed by atoms with Gasteiger partial charge in [0.2, 0.25) is 0 Å². The summed E-state index contributed by atoms with van der Waals surface area (Å²) in [5, 5.41) is 0. The molecule has 0 heterocycles. The summed E-state index contributed by atoms with van der Waals surface area (Å²) in [4.78, 5) is 38.3. The second-order valence-corrected chi connectivity index (χ2v) is 23.4. The Hall–Kier alpha value is -3.67. The van der Waals surface area contributed by atoms with E-state index in [0.29, 0.717) is 19.3 Å². The predicted octanol–water partition coefficient (Wildman–Crippen LogP) is 24.4. The highest BCUT2D eigenvalue weighted by Gasteiger charge is 2.19. The van der Waals surface area contributed by atoms with E-state index in [1.165, 1.54) is 212 Å². The van der Waals surface area contributed by atoms with E-state index in [1.54, 1.807) is 0 Å². The zero-order valence-corrected chi connectivity index (χ0v) is 54.2. The molecule has 0 spiro atoms. The van der Waals surface area contributed by atoms with Crippen molar-refractivity contribution in [3.63, 3.8) is 0 Å². The van der Waals surface area contributed by atoms with Gasteiger partial charge in [-0.1, -0.05) is 330 Å². The van der Waals surface area contributed by atoms with Gasteiger partial charge in [-0.2, -0.15) is 0 Å². The molecule has 0 bridgehead atoms. The number of hydrogen-bond donors (Lipinski definition) is 0. The Morgan fingerprint density at radius 1 is 0.256 bits per heavy atom. The minimum absolute atomic E-state index is 0.0972. The maximum absolute atomic E-state index is 12.9. The van der Waals surface area contributed by atoms with Crippen LogP contribution in [-0.2, 0) is 28.6 Å². The Morgan fingerprint density at radius 3 is 0.793 bits per heavy atom. The van der Waals surface area contributed by atoms with Gasteiger partial charge in [0.25, 0.3) is 0 Å². The van der Waals surface area contributed by atoms with Crippen LogP contribution in [0.5, 0.6) is 0 Å². The maximum atomic E-state index is 12.9. The molecule has 472 valence electrons. The third kappa shape index (κ3) is 67.1. The lowest BCUT2D eigenvalue weighted by atomic mass is 10.0. The van der Waals surface area contributed by atoms with Crippen molar-refractivity contribution < 1.29 is 28.6 Å². The van der Waals surface area contributed by atoms with Crippen LogP contribution in [0.15, 0.2) is 97.2 Å². The average Bonchev–Trinajstić information content (AvgIpc) is 3.47. The van der Waals surface area contributed by atoms with Crippen LogP contribution >= 0.6 is 0 Å². The number of unbranched alkanes of at least 4 members (excludes halogenated alkanes) is 37. The molecule has 0 aliphatic heterocycles. The molecule has 6 heteroatoms. The summed E-state index contributed by atoms with van der Waals surface area (Å²) < 4.78 is 16.9. The summed E-state index contributed by atoms with van der Waals surface area (Å²) in [6, 6.07) is 0. The Balaban J connectivity index is 4.22. The van der Waals surface area contributed by atoms with Crippen molar-refractivity contribution in [2.24, 2.45) is 0 Å². The summed E-state index contributed by atoms with van der Waals surface area (Å²) in [6.07, 6.45) is 94.6. The van der Waals surface area contributed by atoms with E-state index in [4.69, 9.17) is 14.2 Å². The third-order valence-corrected chi connectivity index (χ3v) is 15.3. The average molecular weight is 1140 g/mol. The zero-order chi connectivity index (χ0) is 59.2. The molecule has 0 radical (unpaired) electrons. The molecule has 0 amide bonds. The van der Waals surface area contributed by atoms with Gasteiger partial charge in [-0.3, -0.25) is 14.4 Å². The van der Waals surface area contributed by atoms with Crippen LogP contribution in [0.4, 0.5) is 0 Å². The highest BCUT2D eigenvalue weighted by molar-refractivity contribution is 5.71. The summed E-state index contributed by atoms with van der Waals surface area (Å²) in [5.74, 6) is -0.945. The van der Waals surface area contributed by atoms with E-state index in [2.05, 4.69) is 118 Å². The van der Waals surface area contributed by atoms with E-state index in [1.807, 2.05) is 0 Å². The van der Waals surface area contributed by atoms with Crippen molar-refractivity contribution in [1.82, 2.24) is 0 Å². The van der Waals surface area contributed by atoms with Crippen LogP contribution in [0.1, 0.15) is 348 Å². The first kappa shape index (κ1) is 78.3. The van der Waals surface area contributed by atoms with Gasteiger partial charge < -0.3 is 14.2 Å². The van der Waals surface area contributed by atoms with Gasteiger partial charge in [-0.05, 0) is 96.3 Å². The fourth-order valence-corrected chi connectivity index (χ4v) is 10.1. The predicted molar refractivity (Wildman–Crippen MR) is 357 cm³/mol.